The van der Waals surface area contributed by atoms with Gasteiger partial charge < -0.3 is 10.0 Å². The standard InChI is InChI=1S/C13H21N3O/c1-10-9-13(15-14-11(10)2)16-6-3-12(4-7-16)5-8-17/h9,12,17H,3-8H2,1-2H3. The summed E-state index contributed by atoms with van der Waals surface area (Å²) in [6, 6.07) is 2.12. The molecule has 0 radical (unpaired) electrons. The molecule has 1 aliphatic heterocycles. The SMILES string of the molecule is Cc1cc(N2CCC(CCO)CC2)nnc1C. The molecule has 1 aromatic heterocycles. The van der Waals surface area contributed by atoms with Gasteiger partial charge in [-0.2, -0.15) is 5.10 Å². The van der Waals surface area contributed by atoms with Crippen LogP contribution in [0.2, 0.25) is 0 Å². The van der Waals surface area contributed by atoms with Crippen LogP contribution in [0.5, 0.6) is 0 Å². The van der Waals surface area contributed by atoms with E-state index in [4.69, 9.17) is 5.11 Å². The molecule has 17 heavy (non-hydrogen) atoms. The number of anilines is 1. The second-order valence-corrected chi connectivity index (χ2v) is 4.91. The minimum Gasteiger partial charge on any atom is -0.396 e. The second kappa shape index (κ2) is 5.45. The van der Waals surface area contributed by atoms with Crippen LogP contribution >= 0.6 is 0 Å². The van der Waals surface area contributed by atoms with Gasteiger partial charge in [-0.15, -0.1) is 5.10 Å². The van der Waals surface area contributed by atoms with Crippen LogP contribution in [0, 0.1) is 19.8 Å². The number of piperidine rings is 1. The smallest absolute Gasteiger partial charge is 0.151 e. The lowest BCUT2D eigenvalue weighted by molar-refractivity contribution is 0.240. The fourth-order valence-electron chi connectivity index (χ4n) is 2.32. The molecular weight excluding hydrogens is 214 g/mol. The maximum absolute atomic E-state index is 8.93. The Hall–Kier alpha value is -1.16. The van der Waals surface area contributed by atoms with Crippen LogP contribution in [-0.4, -0.2) is 35.0 Å². The summed E-state index contributed by atoms with van der Waals surface area (Å²) < 4.78 is 0. The molecule has 0 unspecified atom stereocenters. The van der Waals surface area contributed by atoms with Gasteiger partial charge in [0.15, 0.2) is 5.82 Å². The van der Waals surface area contributed by atoms with Gasteiger partial charge in [-0.25, -0.2) is 0 Å². The summed E-state index contributed by atoms with van der Waals surface area (Å²) in [4.78, 5) is 2.30. The molecule has 0 aliphatic carbocycles. The Labute approximate surface area is 103 Å². The molecule has 2 rings (SSSR count). The average molecular weight is 235 g/mol. The van der Waals surface area contributed by atoms with Crippen LogP contribution in [0.25, 0.3) is 0 Å². The zero-order chi connectivity index (χ0) is 12.3. The van der Waals surface area contributed by atoms with Crippen LogP contribution in [0.4, 0.5) is 5.82 Å². The first-order valence-electron chi connectivity index (χ1n) is 6.37. The number of aliphatic hydroxyl groups excluding tert-OH is 1. The largest absolute Gasteiger partial charge is 0.396 e. The number of hydrogen-bond donors (Lipinski definition) is 1. The maximum atomic E-state index is 8.93. The van der Waals surface area contributed by atoms with E-state index in [1.54, 1.807) is 0 Å². The van der Waals surface area contributed by atoms with Crippen molar-refractivity contribution < 1.29 is 5.11 Å². The van der Waals surface area contributed by atoms with Crippen LogP contribution in [0.3, 0.4) is 0 Å². The van der Waals surface area contributed by atoms with Gasteiger partial charge >= 0.3 is 0 Å². The molecule has 0 spiro atoms. The number of hydrogen-bond acceptors (Lipinski definition) is 4. The zero-order valence-corrected chi connectivity index (χ0v) is 10.7. The lowest BCUT2D eigenvalue weighted by Gasteiger charge is -2.32. The summed E-state index contributed by atoms with van der Waals surface area (Å²) in [5.74, 6) is 1.67. The van der Waals surface area contributed by atoms with Crippen LogP contribution < -0.4 is 4.90 Å². The summed E-state index contributed by atoms with van der Waals surface area (Å²) in [6.45, 7) is 6.43. The maximum Gasteiger partial charge on any atom is 0.151 e. The van der Waals surface area contributed by atoms with Crippen molar-refractivity contribution in [3.63, 3.8) is 0 Å². The van der Waals surface area contributed by atoms with E-state index in [1.165, 1.54) is 5.56 Å². The predicted octanol–water partition coefficient (Wildman–Crippen LogP) is 1.69. The van der Waals surface area contributed by atoms with Crippen molar-refractivity contribution in [1.82, 2.24) is 10.2 Å². The number of aromatic nitrogens is 2. The molecule has 1 N–H and O–H groups in total. The highest BCUT2D eigenvalue weighted by molar-refractivity contribution is 5.41. The third-order valence-corrected chi connectivity index (χ3v) is 3.69. The summed E-state index contributed by atoms with van der Waals surface area (Å²) in [5, 5.41) is 17.4. The van der Waals surface area contributed by atoms with Crippen molar-refractivity contribution in [2.24, 2.45) is 5.92 Å². The number of aryl methyl sites for hydroxylation is 2. The Bertz CT molecular complexity index is 373. The van der Waals surface area contributed by atoms with E-state index in [9.17, 15) is 0 Å². The van der Waals surface area contributed by atoms with Gasteiger partial charge in [0.25, 0.3) is 0 Å². The molecule has 0 aromatic carbocycles. The molecule has 4 heteroatoms. The molecule has 1 aliphatic rings. The minimum absolute atomic E-state index is 0.314. The van der Waals surface area contributed by atoms with Crippen LogP contribution in [-0.2, 0) is 0 Å². The van der Waals surface area contributed by atoms with Gasteiger partial charge in [0, 0.05) is 19.7 Å². The molecule has 0 amide bonds. The van der Waals surface area contributed by atoms with Gasteiger partial charge in [-0.1, -0.05) is 0 Å². The first-order chi connectivity index (χ1) is 8.20. The summed E-state index contributed by atoms with van der Waals surface area (Å²) >= 11 is 0. The lowest BCUT2D eigenvalue weighted by Crippen LogP contribution is -2.34. The lowest BCUT2D eigenvalue weighted by atomic mass is 9.94. The van der Waals surface area contributed by atoms with Gasteiger partial charge in [-0.05, 0) is 50.7 Å². The first kappa shape index (κ1) is 12.3. The molecule has 1 fully saturated rings. The van der Waals surface area contributed by atoms with E-state index in [2.05, 4.69) is 28.1 Å². The Kier molecular flexibility index (Phi) is 3.94. The Morgan fingerprint density at radius 3 is 2.59 bits per heavy atom. The number of rotatable bonds is 3. The van der Waals surface area contributed by atoms with Crippen molar-refractivity contribution in [2.45, 2.75) is 33.1 Å². The topological polar surface area (TPSA) is 49.2 Å². The van der Waals surface area contributed by atoms with Crippen molar-refractivity contribution >= 4 is 5.82 Å². The molecule has 94 valence electrons. The third-order valence-electron chi connectivity index (χ3n) is 3.69. The molecule has 4 nitrogen and oxygen atoms in total. The predicted molar refractivity (Wildman–Crippen MR) is 68.1 cm³/mol. The number of nitrogens with zero attached hydrogens (tertiary/aromatic N) is 3. The highest BCUT2D eigenvalue weighted by Gasteiger charge is 2.20. The van der Waals surface area contributed by atoms with E-state index in [0.717, 1.165) is 43.9 Å². The summed E-state index contributed by atoms with van der Waals surface area (Å²) in [7, 11) is 0. The third kappa shape index (κ3) is 2.94. The van der Waals surface area contributed by atoms with Gasteiger partial charge in [0.2, 0.25) is 0 Å². The average Bonchev–Trinajstić information content (AvgIpc) is 2.34. The van der Waals surface area contributed by atoms with Gasteiger partial charge in [0.05, 0.1) is 5.69 Å². The Morgan fingerprint density at radius 2 is 2.00 bits per heavy atom. The van der Waals surface area contributed by atoms with Crippen molar-refractivity contribution in [3.8, 4) is 0 Å². The Balaban J connectivity index is 1.98. The molecule has 0 saturated carbocycles. The van der Waals surface area contributed by atoms with E-state index in [0.29, 0.717) is 12.5 Å². The minimum atomic E-state index is 0.314. The van der Waals surface area contributed by atoms with Crippen molar-refractivity contribution in [3.05, 3.63) is 17.3 Å². The van der Waals surface area contributed by atoms with E-state index in [-0.39, 0.29) is 0 Å². The molecule has 1 saturated heterocycles. The molecule has 2 heterocycles. The zero-order valence-electron chi connectivity index (χ0n) is 10.7. The summed E-state index contributed by atoms with van der Waals surface area (Å²) in [6.07, 6.45) is 3.23. The summed E-state index contributed by atoms with van der Waals surface area (Å²) in [5.41, 5.74) is 2.20. The fraction of sp³-hybridized carbons (Fsp3) is 0.692. The normalized spacial score (nSPS) is 17.5. The quantitative estimate of drug-likeness (QED) is 0.866. The molecule has 0 bridgehead atoms. The monoisotopic (exact) mass is 235 g/mol. The van der Waals surface area contributed by atoms with Gasteiger partial charge in [0.1, 0.15) is 0 Å². The van der Waals surface area contributed by atoms with Crippen LogP contribution in [0.15, 0.2) is 6.07 Å². The molecular formula is C13H21N3O. The van der Waals surface area contributed by atoms with Crippen molar-refractivity contribution in [1.29, 1.82) is 0 Å². The number of aliphatic hydroxyl groups is 1. The van der Waals surface area contributed by atoms with E-state index < -0.39 is 0 Å². The highest BCUT2D eigenvalue weighted by Crippen LogP contribution is 2.24. The van der Waals surface area contributed by atoms with E-state index >= 15 is 0 Å². The molecule has 1 aromatic rings. The Morgan fingerprint density at radius 1 is 1.29 bits per heavy atom. The van der Waals surface area contributed by atoms with Crippen molar-refractivity contribution in [2.75, 3.05) is 24.6 Å². The fourth-order valence-corrected chi connectivity index (χ4v) is 2.32. The second-order valence-electron chi connectivity index (χ2n) is 4.91. The van der Waals surface area contributed by atoms with Gasteiger partial charge in [-0.3, -0.25) is 0 Å². The molecule has 0 atom stereocenters. The van der Waals surface area contributed by atoms with E-state index in [1.807, 2.05) is 6.92 Å². The first-order valence-corrected chi connectivity index (χ1v) is 6.37. The highest BCUT2D eigenvalue weighted by atomic mass is 16.3. The van der Waals surface area contributed by atoms with Crippen LogP contribution in [0.1, 0.15) is 30.5 Å².